The van der Waals surface area contributed by atoms with Crippen molar-refractivity contribution in [3.8, 4) is 22.8 Å². The topological polar surface area (TPSA) is 215 Å². The van der Waals surface area contributed by atoms with Gasteiger partial charge < -0.3 is 29.4 Å². The number of hydrogen-bond donors (Lipinski definition) is 2. The summed E-state index contributed by atoms with van der Waals surface area (Å²) >= 11 is 6.26. The molecule has 2 amide bonds. The van der Waals surface area contributed by atoms with E-state index in [1.54, 1.807) is 80.2 Å². The average Bonchev–Trinajstić information content (AvgIpc) is 1.87. The zero-order valence-electron chi connectivity index (χ0n) is 53.0. The van der Waals surface area contributed by atoms with E-state index in [1.165, 1.54) is 22.7 Å². The lowest BCUT2D eigenvalue weighted by Crippen LogP contribution is -2.45. The molecule has 16 nitrogen and oxygen atoms in total. The van der Waals surface area contributed by atoms with Crippen molar-refractivity contribution in [1.82, 2.24) is 30.6 Å². The van der Waals surface area contributed by atoms with E-state index in [0.717, 1.165) is 41.9 Å². The van der Waals surface area contributed by atoms with E-state index < -0.39 is 65.4 Å². The first-order chi connectivity index (χ1) is 39.8. The van der Waals surface area contributed by atoms with Crippen LogP contribution in [0.1, 0.15) is 178 Å². The van der Waals surface area contributed by atoms with Crippen molar-refractivity contribution >= 4 is 86.5 Å². The number of amides is 2. The van der Waals surface area contributed by atoms with Crippen LogP contribution in [0.5, 0.6) is 0 Å². The highest BCUT2D eigenvalue weighted by Gasteiger charge is 2.52. The van der Waals surface area contributed by atoms with Crippen LogP contribution in [0.2, 0.25) is 0 Å². The first kappa shape index (κ1) is 68.8. The van der Waals surface area contributed by atoms with Crippen molar-refractivity contribution in [2.24, 2.45) is 11.8 Å². The second kappa shape index (κ2) is 27.8. The van der Waals surface area contributed by atoms with Crippen molar-refractivity contribution in [2.75, 3.05) is 0 Å². The van der Waals surface area contributed by atoms with Crippen LogP contribution in [-0.4, -0.2) is 96.9 Å². The molecule has 1 aliphatic heterocycles. The van der Waals surface area contributed by atoms with Crippen LogP contribution in [0.4, 0.5) is 0 Å². The zero-order chi connectivity index (χ0) is 63.9. The molecule has 6 aromatic rings. The number of ether oxygens (including phenoxy) is 2. The van der Waals surface area contributed by atoms with Gasteiger partial charge in [-0.2, -0.15) is 0 Å². The van der Waals surface area contributed by atoms with Crippen molar-refractivity contribution in [1.29, 1.82) is 0 Å². The number of Topliss-reactive ketones (excluding diaryl/α,β-unsaturated/α-hetero) is 2. The molecular formula is C66H84BBrN6O10S2. The fraction of sp³-hybridized carbons (Fsp3) is 0.485. The number of carbonyl (C=O) groups is 6. The lowest BCUT2D eigenvalue weighted by molar-refractivity contribution is -0.159. The van der Waals surface area contributed by atoms with Gasteiger partial charge in [-0.3, -0.25) is 19.2 Å². The number of ketones is 2. The fourth-order valence-electron chi connectivity index (χ4n) is 8.70. The average molecular weight is 1280 g/mol. The van der Waals surface area contributed by atoms with E-state index in [4.69, 9.17) is 18.8 Å². The molecule has 1 aliphatic rings. The Kier molecular flexibility index (Phi) is 22.2. The third kappa shape index (κ3) is 19.6. The summed E-state index contributed by atoms with van der Waals surface area (Å²) < 4.78 is 23.9. The van der Waals surface area contributed by atoms with Gasteiger partial charge in [-0.15, -0.1) is 22.7 Å². The molecule has 460 valence electrons. The number of halogens is 1. The van der Waals surface area contributed by atoms with Crippen LogP contribution in [0.15, 0.2) is 102 Å². The van der Waals surface area contributed by atoms with E-state index in [0.29, 0.717) is 34.2 Å². The van der Waals surface area contributed by atoms with Crippen molar-refractivity contribution < 1.29 is 47.5 Å². The maximum atomic E-state index is 13.6. The normalized spacial score (nSPS) is 15.5. The molecule has 0 aliphatic carbocycles. The highest BCUT2D eigenvalue weighted by Crippen LogP contribution is 2.37. The molecule has 4 aromatic heterocycles. The van der Waals surface area contributed by atoms with E-state index in [1.807, 2.05) is 100 Å². The molecule has 0 radical (unpaired) electrons. The van der Waals surface area contributed by atoms with Crippen LogP contribution >= 0.6 is 38.6 Å². The number of benzene rings is 2. The van der Waals surface area contributed by atoms with E-state index >= 15 is 0 Å². The maximum absolute atomic E-state index is 13.6. The Morgan fingerprint density at radius 2 is 0.872 bits per heavy atom. The summed E-state index contributed by atoms with van der Waals surface area (Å²) in [5.41, 5.74) is 1.71. The molecule has 1 fully saturated rings. The summed E-state index contributed by atoms with van der Waals surface area (Å²) in [4.78, 5) is 100.0. The van der Waals surface area contributed by atoms with Gasteiger partial charge >= 0.3 is 19.1 Å². The number of nitrogens with zero attached hydrogens (tertiary/aromatic N) is 4. The van der Waals surface area contributed by atoms with Crippen LogP contribution in [0.3, 0.4) is 0 Å². The third-order valence-electron chi connectivity index (χ3n) is 14.3. The number of rotatable bonds is 19. The van der Waals surface area contributed by atoms with Gasteiger partial charge in [0.05, 0.1) is 25.4 Å². The lowest BCUT2D eigenvalue weighted by Gasteiger charge is -2.32. The second-order valence-electron chi connectivity index (χ2n) is 27.0. The van der Waals surface area contributed by atoms with Gasteiger partial charge in [-0.1, -0.05) is 90.1 Å². The van der Waals surface area contributed by atoms with Crippen LogP contribution in [0, 0.1) is 11.8 Å². The molecule has 2 aromatic carbocycles. The maximum Gasteiger partial charge on any atom is 0.498 e. The summed E-state index contributed by atoms with van der Waals surface area (Å²) in [6.07, 6.45) is 7.46. The van der Waals surface area contributed by atoms with Crippen molar-refractivity contribution in [3.05, 3.63) is 133 Å². The highest BCUT2D eigenvalue weighted by molar-refractivity contribution is 9.10. The standard InChI is InChI=1S/C36H48BN3O6S.C30H36BrN3O4S/c1-22(32(43)44-34(5,6)7)40-31(42)25(19-27(41)28-16-17-29(47-28)33(2,3)4)18-23-12-14-24(15-13-23)30-38-20-26(21-39-30)37-45-35(8,9)36(10,11)46-37;1-18(28(37)38-30(5,6)7)34-27(36)21(15-23(35)24-12-13-25(39-24)29(2,3)4)14-19-8-10-20(11-9-19)26-32-16-22(31)17-33-26/h12-17,20-22,25H,18-19H2,1-11H3,(H,40,42);8-13,16-18,21H,14-15H2,1-7H3,(H,34,36)/t22-,25-;18-,21-/m11/s1. The molecule has 86 heavy (non-hydrogen) atoms. The first-order valence-corrected chi connectivity index (χ1v) is 31.4. The Morgan fingerprint density at radius 3 is 1.19 bits per heavy atom. The summed E-state index contributed by atoms with van der Waals surface area (Å²) in [5, 5.41) is 5.55. The lowest BCUT2D eigenvalue weighted by atomic mass is 9.81. The molecule has 0 spiro atoms. The Labute approximate surface area is 524 Å². The monoisotopic (exact) mass is 1270 g/mol. The van der Waals surface area contributed by atoms with Gasteiger partial charge in [0, 0.05) is 75.8 Å². The molecule has 1 saturated heterocycles. The second-order valence-corrected chi connectivity index (χ2v) is 30.0. The zero-order valence-corrected chi connectivity index (χ0v) is 56.2. The van der Waals surface area contributed by atoms with Crippen LogP contribution < -0.4 is 16.1 Å². The quantitative estimate of drug-likeness (QED) is 0.0438. The Hall–Kier alpha value is -6.32. The highest BCUT2D eigenvalue weighted by atomic mass is 79.9. The molecule has 2 N–H and O–H groups in total. The number of aromatic nitrogens is 4. The predicted octanol–water partition coefficient (Wildman–Crippen LogP) is 12.6. The first-order valence-electron chi connectivity index (χ1n) is 28.9. The van der Waals surface area contributed by atoms with E-state index in [-0.39, 0.29) is 47.1 Å². The fourth-order valence-corrected chi connectivity index (χ4v) is 10.9. The molecule has 5 heterocycles. The predicted molar refractivity (Wildman–Crippen MR) is 344 cm³/mol. The molecule has 7 rings (SSSR count). The molecule has 0 unspecified atom stereocenters. The van der Waals surface area contributed by atoms with Crippen molar-refractivity contribution in [2.45, 2.75) is 196 Å². The van der Waals surface area contributed by atoms with Gasteiger partial charge in [0.25, 0.3) is 0 Å². The minimum Gasteiger partial charge on any atom is -0.458 e. The number of esters is 2. The molecule has 4 atom stereocenters. The number of thiophene rings is 2. The van der Waals surface area contributed by atoms with Gasteiger partial charge in [0.15, 0.2) is 23.2 Å². The van der Waals surface area contributed by atoms with Crippen LogP contribution in [0.25, 0.3) is 22.8 Å². The summed E-state index contributed by atoms with van der Waals surface area (Å²) in [6, 6.07) is 21.1. The number of nitrogens with one attached hydrogen (secondary N) is 2. The van der Waals surface area contributed by atoms with Crippen molar-refractivity contribution in [3.63, 3.8) is 0 Å². The minimum absolute atomic E-state index is 0.00220. The third-order valence-corrected chi connectivity index (χ3v) is 17.8. The van der Waals surface area contributed by atoms with Gasteiger partial charge in [-0.25, -0.2) is 29.5 Å². The van der Waals surface area contributed by atoms with Gasteiger partial charge in [0.2, 0.25) is 11.8 Å². The SMILES string of the molecule is C[C@@H](NC(=O)[C@@H](CC(=O)c1ccc(C(C)(C)C)s1)Cc1ccc(-c2ncc(B3OC(C)(C)C(C)(C)O3)cn2)cc1)C(=O)OC(C)(C)C.C[C@@H](NC(=O)[C@@H](CC(=O)c1ccc(C(C)(C)C)s1)Cc1ccc(-c2ncc(Br)cn2)cc1)C(=O)OC(C)(C)C. The van der Waals surface area contributed by atoms with Gasteiger partial charge in [-0.05, 0) is 158 Å². The number of hydrogen-bond acceptors (Lipinski definition) is 16. The summed E-state index contributed by atoms with van der Waals surface area (Å²) in [6.45, 7) is 34.4. The summed E-state index contributed by atoms with van der Waals surface area (Å²) in [5.74, 6) is -2.24. The minimum atomic E-state index is -0.867. The largest absolute Gasteiger partial charge is 0.498 e. The molecular weight excluding hydrogens is 1190 g/mol. The Bertz CT molecular complexity index is 3320. The smallest absolute Gasteiger partial charge is 0.458 e. The molecule has 0 saturated carbocycles. The van der Waals surface area contributed by atoms with Gasteiger partial charge in [0.1, 0.15) is 23.3 Å². The Balaban J connectivity index is 0.000000280. The molecule has 0 bridgehead atoms. The van der Waals surface area contributed by atoms with E-state index in [2.05, 4.69) is 88.0 Å². The summed E-state index contributed by atoms with van der Waals surface area (Å²) in [7, 11) is -0.547. The molecule has 20 heteroatoms. The van der Waals surface area contributed by atoms with E-state index in [9.17, 15) is 28.8 Å². The Morgan fingerprint density at radius 1 is 0.535 bits per heavy atom. The number of carbonyl (C=O) groups excluding carboxylic acids is 6. The van der Waals surface area contributed by atoms with Crippen LogP contribution in [-0.2, 0) is 61.6 Å².